The fourth-order valence-electron chi connectivity index (χ4n) is 1.58. The normalized spacial score (nSPS) is 12.3. The van der Waals surface area contributed by atoms with E-state index in [0.717, 1.165) is 16.6 Å². The number of ether oxygens (including phenoxy) is 1. The third-order valence-corrected chi connectivity index (χ3v) is 2.56. The molecule has 0 amide bonds. The van der Waals surface area contributed by atoms with Gasteiger partial charge in [0, 0.05) is 11.1 Å². The molecule has 3 N–H and O–H groups in total. The van der Waals surface area contributed by atoms with E-state index in [-0.39, 0.29) is 6.61 Å². The first-order valence-corrected chi connectivity index (χ1v) is 5.55. The molecule has 1 unspecified atom stereocenters. The number of nitrogens with zero attached hydrogens (tertiary/aromatic N) is 1. The Labute approximate surface area is 104 Å². The van der Waals surface area contributed by atoms with Gasteiger partial charge in [-0.3, -0.25) is 4.79 Å². The lowest BCUT2D eigenvalue weighted by Gasteiger charge is -2.11. The number of rotatable bonds is 4. The van der Waals surface area contributed by atoms with Crippen molar-refractivity contribution >= 4 is 16.9 Å². The number of carboxylic acid groups (broad SMARTS) is 1. The van der Waals surface area contributed by atoms with Gasteiger partial charge in [-0.05, 0) is 19.1 Å². The van der Waals surface area contributed by atoms with Crippen LogP contribution in [0, 0.1) is 6.92 Å². The van der Waals surface area contributed by atoms with Crippen LogP contribution < -0.4 is 10.5 Å². The summed E-state index contributed by atoms with van der Waals surface area (Å²) in [5, 5.41) is 9.64. The van der Waals surface area contributed by atoms with Gasteiger partial charge in [0.1, 0.15) is 23.9 Å². The zero-order valence-electron chi connectivity index (χ0n) is 9.96. The summed E-state index contributed by atoms with van der Waals surface area (Å²) in [6.07, 6.45) is 0. The van der Waals surface area contributed by atoms with Crippen molar-refractivity contribution in [2.75, 3.05) is 6.61 Å². The van der Waals surface area contributed by atoms with Crippen molar-refractivity contribution in [3.8, 4) is 5.75 Å². The zero-order chi connectivity index (χ0) is 13.1. The summed E-state index contributed by atoms with van der Waals surface area (Å²) in [7, 11) is 0. The fourth-order valence-corrected chi connectivity index (χ4v) is 1.58. The third-order valence-electron chi connectivity index (χ3n) is 2.56. The number of aliphatic carboxylic acids is 1. The molecular formula is C13H14N2O3. The number of para-hydroxylation sites is 1. The van der Waals surface area contributed by atoms with Crippen LogP contribution in [0.15, 0.2) is 30.3 Å². The number of hydrogen-bond donors (Lipinski definition) is 2. The smallest absolute Gasteiger partial charge is 0.324 e. The van der Waals surface area contributed by atoms with Crippen molar-refractivity contribution in [1.29, 1.82) is 0 Å². The van der Waals surface area contributed by atoms with Gasteiger partial charge < -0.3 is 15.6 Å². The third kappa shape index (κ3) is 2.57. The van der Waals surface area contributed by atoms with Gasteiger partial charge in [-0.1, -0.05) is 18.2 Å². The number of pyridine rings is 1. The SMILES string of the molecule is Cc1ccc2cccc(OCC(N)C(=O)O)c2n1. The van der Waals surface area contributed by atoms with Crippen LogP contribution in [-0.2, 0) is 4.79 Å². The number of nitrogens with two attached hydrogens (primary N) is 1. The van der Waals surface area contributed by atoms with E-state index in [1.807, 2.05) is 31.2 Å². The van der Waals surface area contributed by atoms with Gasteiger partial charge in [-0.2, -0.15) is 0 Å². The number of aryl methyl sites for hydroxylation is 1. The Bertz CT molecular complexity index is 583. The monoisotopic (exact) mass is 246 g/mol. The van der Waals surface area contributed by atoms with Crippen LogP contribution in [0.25, 0.3) is 10.9 Å². The largest absolute Gasteiger partial charge is 0.489 e. The lowest BCUT2D eigenvalue weighted by atomic mass is 10.2. The molecule has 1 heterocycles. The number of carbonyl (C=O) groups is 1. The van der Waals surface area contributed by atoms with E-state index in [2.05, 4.69) is 4.98 Å². The molecule has 94 valence electrons. The van der Waals surface area contributed by atoms with Crippen LogP contribution >= 0.6 is 0 Å². The average Bonchev–Trinajstić information content (AvgIpc) is 2.35. The predicted octanol–water partition coefficient (Wildman–Crippen LogP) is 1.33. The Balaban J connectivity index is 2.27. The van der Waals surface area contributed by atoms with Crippen LogP contribution in [0.5, 0.6) is 5.75 Å². The highest BCUT2D eigenvalue weighted by atomic mass is 16.5. The first-order chi connectivity index (χ1) is 8.58. The number of carboxylic acids is 1. The molecule has 18 heavy (non-hydrogen) atoms. The molecule has 1 aromatic heterocycles. The van der Waals surface area contributed by atoms with Crippen molar-refractivity contribution in [2.24, 2.45) is 5.73 Å². The highest BCUT2D eigenvalue weighted by Crippen LogP contribution is 2.23. The summed E-state index contributed by atoms with van der Waals surface area (Å²) in [5.41, 5.74) is 6.99. The van der Waals surface area contributed by atoms with Gasteiger partial charge in [0.05, 0.1) is 0 Å². The van der Waals surface area contributed by atoms with E-state index in [1.54, 1.807) is 6.07 Å². The van der Waals surface area contributed by atoms with E-state index in [1.165, 1.54) is 0 Å². The summed E-state index contributed by atoms with van der Waals surface area (Å²) in [4.78, 5) is 15.0. The Hall–Kier alpha value is -2.14. The molecule has 0 aliphatic rings. The number of fused-ring (bicyclic) bond motifs is 1. The average molecular weight is 246 g/mol. The van der Waals surface area contributed by atoms with Gasteiger partial charge in [0.15, 0.2) is 0 Å². The maximum absolute atomic E-state index is 10.6. The van der Waals surface area contributed by atoms with Gasteiger partial charge in [0.2, 0.25) is 0 Å². The van der Waals surface area contributed by atoms with E-state index >= 15 is 0 Å². The van der Waals surface area contributed by atoms with Crippen molar-refractivity contribution in [2.45, 2.75) is 13.0 Å². The highest BCUT2D eigenvalue weighted by molar-refractivity contribution is 5.84. The summed E-state index contributed by atoms with van der Waals surface area (Å²) < 4.78 is 5.43. The van der Waals surface area contributed by atoms with Crippen molar-refractivity contribution in [3.63, 3.8) is 0 Å². The topological polar surface area (TPSA) is 85.4 Å². The minimum Gasteiger partial charge on any atom is -0.489 e. The lowest BCUT2D eigenvalue weighted by molar-refractivity contribution is -0.139. The quantitative estimate of drug-likeness (QED) is 0.850. The first-order valence-electron chi connectivity index (χ1n) is 5.55. The number of aromatic nitrogens is 1. The van der Waals surface area contributed by atoms with Crippen molar-refractivity contribution < 1.29 is 14.6 Å². The van der Waals surface area contributed by atoms with Crippen LogP contribution in [0.2, 0.25) is 0 Å². The van der Waals surface area contributed by atoms with Crippen molar-refractivity contribution in [1.82, 2.24) is 4.98 Å². The number of hydrogen-bond acceptors (Lipinski definition) is 4. The van der Waals surface area contributed by atoms with E-state index in [4.69, 9.17) is 15.6 Å². The van der Waals surface area contributed by atoms with Gasteiger partial charge in [0.25, 0.3) is 0 Å². The summed E-state index contributed by atoms with van der Waals surface area (Å²) >= 11 is 0. The Morgan fingerprint density at radius 1 is 1.44 bits per heavy atom. The molecule has 0 fully saturated rings. The van der Waals surface area contributed by atoms with Crippen LogP contribution in [-0.4, -0.2) is 28.7 Å². The minimum atomic E-state index is -1.08. The van der Waals surface area contributed by atoms with E-state index in [0.29, 0.717) is 5.75 Å². The fraction of sp³-hybridized carbons (Fsp3) is 0.231. The number of benzene rings is 1. The molecule has 0 spiro atoms. The molecule has 2 aromatic rings. The first kappa shape index (κ1) is 12.3. The van der Waals surface area contributed by atoms with E-state index in [9.17, 15) is 4.79 Å². The lowest BCUT2D eigenvalue weighted by Crippen LogP contribution is -2.36. The Morgan fingerprint density at radius 2 is 2.22 bits per heavy atom. The Morgan fingerprint density at radius 3 is 2.94 bits per heavy atom. The molecule has 1 aromatic carbocycles. The summed E-state index contributed by atoms with van der Waals surface area (Å²) in [6, 6.07) is 8.33. The van der Waals surface area contributed by atoms with Gasteiger partial charge >= 0.3 is 5.97 Å². The maximum Gasteiger partial charge on any atom is 0.324 e. The molecule has 0 bridgehead atoms. The standard InChI is InChI=1S/C13H14N2O3/c1-8-5-6-9-3-2-4-11(12(9)15-8)18-7-10(14)13(16)17/h2-6,10H,7,14H2,1H3,(H,16,17). The molecule has 2 rings (SSSR count). The maximum atomic E-state index is 10.6. The van der Waals surface area contributed by atoms with Crippen LogP contribution in [0.3, 0.4) is 0 Å². The minimum absolute atomic E-state index is 0.0793. The predicted molar refractivity (Wildman–Crippen MR) is 67.6 cm³/mol. The van der Waals surface area contributed by atoms with Crippen LogP contribution in [0.1, 0.15) is 5.69 Å². The van der Waals surface area contributed by atoms with Crippen molar-refractivity contribution in [3.05, 3.63) is 36.0 Å². The molecule has 0 saturated carbocycles. The molecule has 0 aliphatic heterocycles. The van der Waals surface area contributed by atoms with Crippen LogP contribution in [0.4, 0.5) is 0 Å². The highest BCUT2D eigenvalue weighted by Gasteiger charge is 2.13. The zero-order valence-corrected chi connectivity index (χ0v) is 9.96. The molecule has 1 atom stereocenters. The molecule has 5 nitrogen and oxygen atoms in total. The molecule has 5 heteroatoms. The Kier molecular flexibility index (Phi) is 3.43. The summed E-state index contributed by atoms with van der Waals surface area (Å²) in [6.45, 7) is 1.81. The second kappa shape index (κ2) is 5.01. The van der Waals surface area contributed by atoms with Gasteiger partial charge in [-0.15, -0.1) is 0 Å². The molecular weight excluding hydrogens is 232 g/mol. The summed E-state index contributed by atoms with van der Waals surface area (Å²) in [5.74, 6) is -0.535. The van der Waals surface area contributed by atoms with E-state index < -0.39 is 12.0 Å². The molecule has 0 aliphatic carbocycles. The van der Waals surface area contributed by atoms with Gasteiger partial charge in [-0.25, -0.2) is 4.98 Å². The molecule has 0 saturated heterocycles. The second-order valence-electron chi connectivity index (χ2n) is 4.04. The second-order valence-corrected chi connectivity index (χ2v) is 4.04. The molecule has 0 radical (unpaired) electrons.